The highest BCUT2D eigenvalue weighted by Gasteiger charge is 2.32. The molecule has 1 fully saturated rings. The first-order valence-electron chi connectivity index (χ1n) is 5.29. The van der Waals surface area contributed by atoms with E-state index < -0.39 is 10.0 Å². The molecule has 0 spiro atoms. The Morgan fingerprint density at radius 3 is 2.57 bits per heavy atom. The van der Waals surface area contributed by atoms with Gasteiger partial charge in [0.25, 0.3) is 0 Å². The molecule has 0 radical (unpaired) electrons. The maximum atomic E-state index is 11.5. The molecule has 1 saturated carbocycles. The van der Waals surface area contributed by atoms with Gasteiger partial charge >= 0.3 is 0 Å². The Hall–Kier alpha value is -0.130. The van der Waals surface area contributed by atoms with Crippen molar-refractivity contribution >= 4 is 10.0 Å². The molecule has 5 heteroatoms. The van der Waals surface area contributed by atoms with Crippen molar-refractivity contribution in [2.45, 2.75) is 38.6 Å². The number of sulfonamides is 1. The van der Waals surface area contributed by atoms with Crippen molar-refractivity contribution in [3.8, 4) is 0 Å². The summed E-state index contributed by atoms with van der Waals surface area (Å²) in [5, 5.41) is 0. The predicted octanol–water partition coefficient (Wildman–Crippen LogP) is 0.443. The van der Waals surface area contributed by atoms with E-state index in [1.165, 1.54) is 0 Å². The number of hydrogen-bond donors (Lipinski definition) is 2. The van der Waals surface area contributed by atoms with Gasteiger partial charge in [-0.15, -0.1) is 0 Å². The summed E-state index contributed by atoms with van der Waals surface area (Å²) in [5.74, 6) is 0.712. The molecule has 1 atom stereocenters. The van der Waals surface area contributed by atoms with Gasteiger partial charge < -0.3 is 5.73 Å². The maximum Gasteiger partial charge on any atom is 0.211 e. The molecule has 0 aromatic heterocycles. The molecule has 14 heavy (non-hydrogen) atoms. The molecular weight excluding hydrogens is 200 g/mol. The Balaban J connectivity index is 2.39. The van der Waals surface area contributed by atoms with Gasteiger partial charge in [-0.25, -0.2) is 13.1 Å². The van der Waals surface area contributed by atoms with Crippen LogP contribution in [0.5, 0.6) is 0 Å². The van der Waals surface area contributed by atoms with Gasteiger partial charge in [-0.3, -0.25) is 0 Å². The molecular formula is C9H20N2O2S. The predicted molar refractivity (Wildman–Crippen MR) is 57.4 cm³/mol. The lowest BCUT2D eigenvalue weighted by atomic mass is 10.2. The van der Waals surface area contributed by atoms with Crippen LogP contribution in [0.15, 0.2) is 0 Å². The smallest absolute Gasteiger partial charge is 0.211 e. The summed E-state index contributed by atoms with van der Waals surface area (Å²) in [7, 11) is -3.09. The second kappa shape index (κ2) is 5.09. The van der Waals surface area contributed by atoms with Crippen LogP contribution in [-0.2, 0) is 10.0 Å². The van der Waals surface area contributed by atoms with Crippen LogP contribution in [0.1, 0.15) is 32.6 Å². The van der Waals surface area contributed by atoms with E-state index in [2.05, 4.69) is 4.72 Å². The Morgan fingerprint density at radius 2 is 2.14 bits per heavy atom. The third kappa shape index (κ3) is 3.94. The highest BCUT2D eigenvalue weighted by molar-refractivity contribution is 7.89. The number of nitrogens with two attached hydrogens (primary N) is 1. The molecule has 84 valence electrons. The lowest BCUT2D eigenvalue weighted by molar-refractivity contribution is 0.517. The fraction of sp³-hybridized carbons (Fsp3) is 1.00. The average Bonchev–Trinajstić information content (AvgIpc) is 2.94. The summed E-state index contributed by atoms with van der Waals surface area (Å²) in [6.45, 7) is 2.40. The Bertz CT molecular complexity index is 260. The number of hydrogen-bond acceptors (Lipinski definition) is 3. The van der Waals surface area contributed by atoms with Gasteiger partial charge in [0.1, 0.15) is 0 Å². The Morgan fingerprint density at radius 1 is 1.50 bits per heavy atom. The van der Waals surface area contributed by atoms with Crippen molar-refractivity contribution in [1.82, 2.24) is 4.72 Å². The minimum Gasteiger partial charge on any atom is -0.329 e. The second-order valence-electron chi connectivity index (χ2n) is 3.97. The molecule has 0 aromatic carbocycles. The zero-order valence-corrected chi connectivity index (χ0v) is 9.52. The van der Waals surface area contributed by atoms with E-state index in [4.69, 9.17) is 5.73 Å². The van der Waals surface area contributed by atoms with Crippen LogP contribution in [0.2, 0.25) is 0 Å². The monoisotopic (exact) mass is 220 g/mol. The lowest BCUT2D eigenvalue weighted by Crippen LogP contribution is -2.42. The molecule has 0 aliphatic heterocycles. The molecule has 1 aliphatic rings. The van der Waals surface area contributed by atoms with Gasteiger partial charge in [0.15, 0.2) is 0 Å². The zero-order chi connectivity index (χ0) is 10.6. The highest BCUT2D eigenvalue weighted by atomic mass is 32.2. The third-order valence-corrected chi connectivity index (χ3v) is 4.03. The van der Waals surface area contributed by atoms with E-state index in [0.29, 0.717) is 12.5 Å². The van der Waals surface area contributed by atoms with Crippen LogP contribution >= 0.6 is 0 Å². The summed E-state index contributed by atoms with van der Waals surface area (Å²) >= 11 is 0. The maximum absolute atomic E-state index is 11.5. The van der Waals surface area contributed by atoms with Crippen molar-refractivity contribution in [2.75, 3.05) is 12.3 Å². The van der Waals surface area contributed by atoms with Gasteiger partial charge in [0.05, 0.1) is 5.75 Å². The van der Waals surface area contributed by atoms with Crippen molar-refractivity contribution in [3.63, 3.8) is 0 Å². The lowest BCUT2D eigenvalue weighted by Gasteiger charge is -2.15. The van der Waals surface area contributed by atoms with E-state index in [-0.39, 0.29) is 11.8 Å². The first kappa shape index (κ1) is 11.9. The van der Waals surface area contributed by atoms with E-state index in [1.807, 2.05) is 6.92 Å². The third-order valence-electron chi connectivity index (χ3n) is 2.54. The highest BCUT2D eigenvalue weighted by Crippen LogP contribution is 2.32. The molecule has 0 heterocycles. The molecule has 3 N–H and O–H groups in total. The van der Waals surface area contributed by atoms with Crippen molar-refractivity contribution in [1.29, 1.82) is 0 Å². The van der Waals surface area contributed by atoms with E-state index >= 15 is 0 Å². The quantitative estimate of drug-likeness (QED) is 0.654. The molecule has 0 bridgehead atoms. The van der Waals surface area contributed by atoms with Gasteiger partial charge in [0.2, 0.25) is 10.0 Å². The van der Waals surface area contributed by atoms with Crippen molar-refractivity contribution in [2.24, 2.45) is 11.7 Å². The zero-order valence-electron chi connectivity index (χ0n) is 8.70. The van der Waals surface area contributed by atoms with Crippen LogP contribution in [0.4, 0.5) is 0 Å². The minimum atomic E-state index is -3.09. The topological polar surface area (TPSA) is 72.2 Å². The number of nitrogens with one attached hydrogen (secondary N) is 1. The van der Waals surface area contributed by atoms with E-state index in [9.17, 15) is 8.42 Å². The van der Waals surface area contributed by atoms with Gasteiger partial charge in [-0.2, -0.15) is 0 Å². The van der Waals surface area contributed by atoms with Crippen LogP contribution < -0.4 is 10.5 Å². The summed E-state index contributed by atoms with van der Waals surface area (Å²) in [6.07, 6.45) is 3.84. The molecule has 1 rings (SSSR count). The largest absolute Gasteiger partial charge is 0.329 e. The molecule has 1 aliphatic carbocycles. The van der Waals surface area contributed by atoms with Crippen LogP contribution in [0.25, 0.3) is 0 Å². The van der Waals surface area contributed by atoms with E-state index in [0.717, 1.165) is 25.7 Å². The van der Waals surface area contributed by atoms with Gasteiger partial charge in [0, 0.05) is 12.6 Å². The number of rotatable bonds is 7. The Labute approximate surface area is 86.3 Å². The summed E-state index contributed by atoms with van der Waals surface area (Å²) < 4.78 is 25.7. The molecule has 4 nitrogen and oxygen atoms in total. The summed E-state index contributed by atoms with van der Waals surface area (Å²) in [4.78, 5) is 0. The van der Waals surface area contributed by atoms with Crippen molar-refractivity contribution < 1.29 is 8.42 Å². The molecule has 0 aromatic rings. The number of unbranched alkanes of at least 4 members (excludes halogenated alkanes) is 1. The van der Waals surface area contributed by atoms with Crippen LogP contribution in [-0.4, -0.2) is 26.8 Å². The SMILES string of the molecule is CCCCS(=O)(=O)NC(CN)C1CC1. The summed E-state index contributed by atoms with van der Waals surface area (Å²) in [6, 6.07) is -0.0307. The van der Waals surface area contributed by atoms with Gasteiger partial charge in [-0.05, 0) is 25.2 Å². The molecule has 1 unspecified atom stereocenters. The minimum absolute atomic E-state index is 0.0307. The van der Waals surface area contributed by atoms with Crippen LogP contribution in [0, 0.1) is 5.92 Å². The first-order valence-corrected chi connectivity index (χ1v) is 6.94. The fourth-order valence-electron chi connectivity index (χ4n) is 1.46. The second-order valence-corrected chi connectivity index (χ2v) is 5.84. The van der Waals surface area contributed by atoms with Crippen molar-refractivity contribution in [3.05, 3.63) is 0 Å². The standard InChI is InChI=1S/C9H20N2O2S/c1-2-3-6-14(12,13)11-9(7-10)8-4-5-8/h8-9,11H,2-7,10H2,1H3. The summed E-state index contributed by atoms with van der Waals surface area (Å²) in [5.41, 5.74) is 5.52. The van der Waals surface area contributed by atoms with Crippen LogP contribution in [0.3, 0.4) is 0 Å². The van der Waals surface area contributed by atoms with E-state index in [1.54, 1.807) is 0 Å². The molecule has 0 amide bonds. The normalized spacial score (nSPS) is 19.6. The first-order chi connectivity index (χ1) is 6.59. The Kier molecular flexibility index (Phi) is 4.34. The molecule has 0 saturated heterocycles. The average molecular weight is 220 g/mol. The van der Waals surface area contributed by atoms with Gasteiger partial charge in [-0.1, -0.05) is 13.3 Å². The fourth-order valence-corrected chi connectivity index (χ4v) is 3.00.